The first-order chi connectivity index (χ1) is 7.33. The predicted molar refractivity (Wildman–Crippen MR) is 50.9 cm³/mol. The molecule has 1 saturated carbocycles. The van der Waals surface area contributed by atoms with Gasteiger partial charge in [0.1, 0.15) is 5.84 Å². The molecule has 1 aliphatic carbocycles. The molecule has 2 unspecified atom stereocenters. The van der Waals surface area contributed by atoms with Gasteiger partial charge in [0.25, 0.3) is 0 Å². The molecule has 2 aliphatic rings. The molecule has 2 atom stereocenters. The molecule has 0 aromatic carbocycles. The van der Waals surface area contributed by atoms with Crippen LogP contribution in [0.25, 0.3) is 0 Å². The van der Waals surface area contributed by atoms with Crippen LogP contribution in [-0.4, -0.2) is 23.6 Å². The van der Waals surface area contributed by atoms with Gasteiger partial charge in [-0.1, -0.05) is 6.42 Å². The molecule has 0 saturated heterocycles. The van der Waals surface area contributed by atoms with E-state index >= 15 is 0 Å². The fraction of sp³-hybridized carbons (Fsp3) is 0.778. The van der Waals surface area contributed by atoms with Crippen molar-refractivity contribution in [3.63, 3.8) is 0 Å². The van der Waals surface area contributed by atoms with Crippen LogP contribution in [0, 0.1) is 5.92 Å². The maximum atomic E-state index is 12.6. The third-order valence-electron chi connectivity index (χ3n) is 3.27. The van der Waals surface area contributed by atoms with Crippen LogP contribution in [0.5, 0.6) is 0 Å². The molecule has 2 amide bonds. The van der Waals surface area contributed by atoms with Crippen LogP contribution in [-0.2, 0) is 0 Å². The maximum absolute atomic E-state index is 12.6. The highest BCUT2D eigenvalue weighted by atomic mass is 19.4. The van der Waals surface area contributed by atoms with Crippen molar-refractivity contribution in [3.8, 4) is 0 Å². The van der Waals surface area contributed by atoms with Gasteiger partial charge in [-0.25, -0.2) is 4.79 Å². The number of carbonyl (C=O) groups excluding carboxylic acids is 1. The summed E-state index contributed by atoms with van der Waals surface area (Å²) < 4.78 is 37.8. The van der Waals surface area contributed by atoms with Crippen molar-refractivity contribution in [1.82, 2.24) is 5.32 Å². The minimum Gasteiger partial charge on any atom is -0.385 e. The molecule has 1 aliphatic heterocycles. The molecule has 16 heavy (non-hydrogen) atoms. The first kappa shape index (κ1) is 11.2. The number of carbonyl (C=O) groups is 1. The Morgan fingerprint density at radius 1 is 1.50 bits per heavy atom. The van der Waals surface area contributed by atoms with Gasteiger partial charge < -0.3 is 11.1 Å². The highest BCUT2D eigenvalue weighted by molar-refractivity contribution is 6.05. The van der Waals surface area contributed by atoms with Crippen molar-refractivity contribution >= 4 is 11.9 Å². The van der Waals surface area contributed by atoms with Crippen LogP contribution in [0.15, 0.2) is 4.99 Å². The van der Waals surface area contributed by atoms with Gasteiger partial charge in [0.2, 0.25) is 0 Å². The van der Waals surface area contributed by atoms with Crippen molar-refractivity contribution in [1.29, 1.82) is 0 Å². The van der Waals surface area contributed by atoms with E-state index in [-0.39, 0.29) is 18.7 Å². The standard InChI is InChI=1S/C9H12F3N3O/c10-9(11,12)5-2-1-3-8(4-5)6(13)14-7(16)15-8/h5H,1-4H2,(H3,13,14,15,16). The fourth-order valence-electron chi connectivity index (χ4n) is 2.41. The van der Waals surface area contributed by atoms with E-state index < -0.39 is 23.7 Å². The van der Waals surface area contributed by atoms with Crippen LogP contribution in [0.3, 0.4) is 0 Å². The number of amidine groups is 1. The van der Waals surface area contributed by atoms with E-state index in [1.807, 2.05) is 0 Å². The van der Waals surface area contributed by atoms with Crippen molar-refractivity contribution in [2.75, 3.05) is 0 Å². The van der Waals surface area contributed by atoms with E-state index in [9.17, 15) is 18.0 Å². The number of urea groups is 1. The summed E-state index contributed by atoms with van der Waals surface area (Å²) in [4.78, 5) is 14.5. The molecule has 1 fully saturated rings. The van der Waals surface area contributed by atoms with E-state index in [0.29, 0.717) is 12.8 Å². The van der Waals surface area contributed by atoms with Crippen LogP contribution in [0.2, 0.25) is 0 Å². The molecule has 1 heterocycles. The van der Waals surface area contributed by atoms with Gasteiger partial charge in [-0.3, -0.25) is 0 Å². The van der Waals surface area contributed by atoms with Crippen LogP contribution in [0.4, 0.5) is 18.0 Å². The van der Waals surface area contributed by atoms with Crippen molar-refractivity contribution in [2.24, 2.45) is 16.6 Å². The topological polar surface area (TPSA) is 67.5 Å². The number of nitrogens with zero attached hydrogens (tertiary/aromatic N) is 1. The predicted octanol–water partition coefficient (Wildman–Crippen LogP) is 1.56. The fourth-order valence-corrected chi connectivity index (χ4v) is 2.41. The number of nitrogens with one attached hydrogen (secondary N) is 1. The monoisotopic (exact) mass is 235 g/mol. The zero-order chi connectivity index (χ0) is 12.0. The van der Waals surface area contributed by atoms with E-state index in [4.69, 9.17) is 5.73 Å². The van der Waals surface area contributed by atoms with E-state index in [1.165, 1.54) is 0 Å². The second-order valence-corrected chi connectivity index (χ2v) is 4.34. The third kappa shape index (κ3) is 1.74. The summed E-state index contributed by atoms with van der Waals surface area (Å²) in [5, 5.41) is 2.45. The lowest BCUT2D eigenvalue weighted by Crippen LogP contribution is -2.55. The molecule has 1 spiro atoms. The van der Waals surface area contributed by atoms with Gasteiger partial charge in [-0.2, -0.15) is 18.2 Å². The zero-order valence-corrected chi connectivity index (χ0v) is 8.47. The number of amides is 2. The smallest absolute Gasteiger partial charge is 0.385 e. The Bertz CT molecular complexity index is 352. The Labute approximate surface area is 90.1 Å². The average Bonchev–Trinajstić information content (AvgIpc) is 2.40. The largest absolute Gasteiger partial charge is 0.391 e. The third-order valence-corrected chi connectivity index (χ3v) is 3.27. The number of hydrogen-bond acceptors (Lipinski definition) is 2. The van der Waals surface area contributed by atoms with Gasteiger partial charge in [-0.05, 0) is 19.3 Å². The number of hydrogen-bond donors (Lipinski definition) is 2. The second kappa shape index (κ2) is 3.36. The number of nitrogens with two attached hydrogens (primary N) is 1. The van der Waals surface area contributed by atoms with Crippen molar-refractivity contribution in [2.45, 2.75) is 37.4 Å². The number of rotatable bonds is 0. The average molecular weight is 235 g/mol. The summed E-state index contributed by atoms with van der Waals surface area (Å²) >= 11 is 0. The lowest BCUT2D eigenvalue weighted by atomic mass is 9.75. The maximum Gasteiger partial charge on any atom is 0.391 e. The normalized spacial score (nSPS) is 35.1. The molecule has 4 nitrogen and oxygen atoms in total. The lowest BCUT2D eigenvalue weighted by Gasteiger charge is -2.38. The Morgan fingerprint density at radius 2 is 2.19 bits per heavy atom. The molecular weight excluding hydrogens is 223 g/mol. The van der Waals surface area contributed by atoms with E-state index in [0.717, 1.165) is 0 Å². The van der Waals surface area contributed by atoms with Crippen LogP contribution < -0.4 is 11.1 Å². The Morgan fingerprint density at radius 3 is 2.69 bits per heavy atom. The molecule has 3 N–H and O–H groups in total. The Kier molecular flexibility index (Phi) is 2.36. The summed E-state index contributed by atoms with van der Waals surface area (Å²) in [7, 11) is 0. The van der Waals surface area contributed by atoms with E-state index in [2.05, 4.69) is 10.3 Å². The van der Waals surface area contributed by atoms with Crippen molar-refractivity contribution in [3.05, 3.63) is 0 Å². The molecule has 0 radical (unpaired) electrons. The summed E-state index contributed by atoms with van der Waals surface area (Å²) in [6, 6.07) is -0.639. The van der Waals surface area contributed by atoms with Crippen molar-refractivity contribution < 1.29 is 18.0 Å². The SMILES string of the molecule is NC1=NC(=O)NC12CCCC(C(F)(F)F)C2. The number of alkyl halides is 3. The van der Waals surface area contributed by atoms with Crippen LogP contribution >= 0.6 is 0 Å². The molecular formula is C9H12F3N3O. The molecule has 0 bridgehead atoms. The highest BCUT2D eigenvalue weighted by Crippen LogP contribution is 2.42. The second-order valence-electron chi connectivity index (χ2n) is 4.34. The number of halogens is 3. The lowest BCUT2D eigenvalue weighted by molar-refractivity contribution is -0.185. The summed E-state index contributed by atoms with van der Waals surface area (Å²) in [6.45, 7) is 0. The van der Waals surface area contributed by atoms with Gasteiger partial charge in [0.15, 0.2) is 0 Å². The minimum absolute atomic E-state index is 0.00792. The zero-order valence-electron chi connectivity index (χ0n) is 8.47. The molecule has 2 rings (SSSR count). The van der Waals surface area contributed by atoms with Gasteiger partial charge in [0.05, 0.1) is 11.5 Å². The molecule has 0 aromatic heterocycles. The molecule has 90 valence electrons. The van der Waals surface area contributed by atoms with Gasteiger partial charge >= 0.3 is 12.2 Å². The quantitative estimate of drug-likeness (QED) is 0.669. The molecule has 7 heteroatoms. The first-order valence-electron chi connectivity index (χ1n) is 5.07. The number of aliphatic imine (C=N–C) groups is 1. The summed E-state index contributed by atoms with van der Waals surface area (Å²) in [5.74, 6) is -1.42. The van der Waals surface area contributed by atoms with Gasteiger partial charge in [0, 0.05) is 0 Å². The highest BCUT2D eigenvalue weighted by Gasteiger charge is 2.51. The Hall–Kier alpha value is -1.27. The van der Waals surface area contributed by atoms with Gasteiger partial charge in [-0.15, -0.1) is 0 Å². The van der Waals surface area contributed by atoms with Crippen LogP contribution in [0.1, 0.15) is 25.7 Å². The van der Waals surface area contributed by atoms with E-state index in [1.54, 1.807) is 0 Å². The Balaban J connectivity index is 2.19. The summed E-state index contributed by atoms with van der Waals surface area (Å²) in [6.07, 6.45) is -3.52. The minimum atomic E-state index is -4.24. The first-order valence-corrected chi connectivity index (χ1v) is 5.07. The molecule has 0 aromatic rings. The summed E-state index contributed by atoms with van der Waals surface area (Å²) in [5.41, 5.74) is 4.48.